The SMILES string of the molecule is Cn1ccnc1[C@H](NC(=O)[C@@H]1CC=CCC1)c1ccccc1. The lowest BCUT2D eigenvalue weighted by atomic mass is 9.93. The number of aromatic nitrogens is 2. The van der Waals surface area contributed by atoms with Crippen LogP contribution in [0, 0.1) is 5.92 Å². The second kappa shape index (κ2) is 6.60. The van der Waals surface area contributed by atoms with Crippen LogP contribution in [0.3, 0.4) is 0 Å². The number of amides is 1. The Morgan fingerprint density at radius 3 is 2.77 bits per heavy atom. The van der Waals surface area contributed by atoms with Crippen LogP contribution < -0.4 is 5.32 Å². The number of allylic oxidation sites excluding steroid dienone is 2. The van der Waals surface area contributed by atoms with Crippen molar-refractivity contribution in [3.8, 4) is 0 Å². The first-order chi connectivity index (χ1) is 10.8. The summed E-state index contributed by atoms with van der Waals surface area (Å²) < 4.78 is 1.96. The molecule has 2 aromatic rings. The minimum Gasteiger partial charge on any atom is -0.342 e. The van der Waals surface area contributed by atoms with Crippen LogP contribution in [0.1, 0.15) is 36.7 Å². The fourth-order valence-electron chi connectivity index (χ4n) is 2.89. The number of aryl methyl sites for hydroxylation is 1. The Kier molecular flexibility index (Phi) is 4.37. The molecule has 0 unspecified atom stereocenters. The molecule has 114 valence electrons. The summed E-state index contributed by atoms with van der Waals surface area (Å²) in [6.45, 7) is 0. The first-order valence-electron chi connectivity index (χ1n) is 7.73. The quantitative estimate of drug-likeness (QED) is 0.881. The predicted molar refractivity (Wildman–Crippen MR) is 86.1 cm³/mol. The lowest BCUT2D eigenvalue weighted by Crippen LogP contribution is -2.36. The van der Waals surface area contributed by atoms with Gasteiger partial charge in [0.2, 0.25) is 5.91 Å². The van der Waals surface area contributed by atoms with Crippen LogP contribution in [0.25, 0.3) is 0 Å². The third-order valence-corrected chi connectivity index (χ3v) is 4.18. The molecule has 1 aromatic heterocycles. The molecule has 1 aliphatic rings. The minimum atomic E-state index is -0.209. The lowest BCUT2D eigenvalue weighted by Gasteiger charge is -2.23. The maximum atomic E-state index is 12.6. The first-order valence-corrected chi connectivity index (χ1v) is 7.73. The third kappa shape index (κ3) is 3.11. The zero-order valence-corrected chi connectivity index (χ0v) is 12.8. The van der Waals surface area contributed by atoms with E-state index in [2.05, 4.69) is 22.5 Å². The highest BCUT2D eigenvalue weighted by atomic mass is 16.1. The second-order valence-electron chi connectivity index (χ2n) is 5.73. The highest BCUT2D eigenvalue weighted by Crippen LogP contribution is 2.23. The lowest BCUT2D eigenvalue weighted by molar-refractivity contribution is -0.125. The van der Waals surface area contributed by atoms with E-state index < -0.39 is 0 Å². The van der Waals surface area contributed by atoms with Gasteiger partial charge >= 0.3 is 0 Å². The van der Waals surface area contributed by atoms with Gasteiger partial charge < -0.3 is 9.88 Å². The van der Waals surface area contributed by atoms with E-state index in [1.165, 1.54) is 0 Å². The second-order valence-corrected chi connectivity index (χ2v) is 5.73. The van der Waals surface area contributed by atoms with Gasteiger partial charge in [-0.3, -0.25) is 4.79 Å². The van der Waals surface area contributed by atoms with Gasteiger partial charge in [-0.15, -0.1) is 0 Å². The number of benzene rings is 1. The number of hydrogen-bond acceptors (Lipinski definition) is 2. The fraction of sp³-hybridized carbons (Fsp3) is 0.333. The van der Waals surface area contributed by atoms with Gasteiger partial charge in [0.05, 0.1) is 0 Å². The molecule has 1 aliphatic carbocycles. The number of rotatable bonds is 4. The topological polar surface area (TPSA) is 46.9 Å². The number of nitrogens with one attached hydrogen (secondary N) is 1. The number of imidazole rings is 1. The molecule has 2 atom stereocenters. The van der Waals surface area contributed by atoms with Crippen molar-refractivity contribution >= 4 is 5.91 Å². The van der Waals surface area contributed by atoms with Gasteiger partial charge in [-0.1, -0.05) is 42.5 Å². The zero-order chi connectivity index (χ0) is 15.4. The number of hydrogen-bond donors (Lipinski definition) is 1. The van der Waals surface area contributed by atoms with Crippen LogP contribution >= 0.6 is 0 Å². The van der Waals surface area contributed by atoms with Gasteiger partial charge in [-0.25, -0.2) is 4.98 Å². The average Bonchev–Trinajstić information content (AvgIpc) is 3.00. The Balaban J connectivity index is 1.85. The summed E-state index contributed by atoms with van der Waals surface area (Å²) in [4.78, 5) is 17.0. The van der Waals surface area contributed by atoms with Crippen molar-refractivity contribution in [1.29, 1.82) is 0 Å². The molecule has 0 bridgehead atoms. The molecule has 22 heavy (non-hydrogen) atoms. The van der Waals surface area contributed by atoms with Gasteiger partial charge in [0, 0.05) is 25.4 Å². The maximum Gasteiger partial charge on any atom is 0.224 e. The zero-order valence-electron chi connectivity index (χ0n) is 12.8. The van der Waals surface area contributed by atoms with E-state index in [9.17, 15) is 4.79 Å². The molecule has 1 aromatic carbocycles. The summed E-state index contributed by atoms with van der Waals surface area (Å²) in [6, 6.07) is 9.80. The van der Waals surface area contributed by atoms with Crippen molar-refractivity contribution in [3.63, 3.8) is 0 Å². The van der Waals surface area contributed by atoms with E-state index >= 15 is 0 Å². The van der Waals surface area contributed by atoms with Gasteiger partial charge in [-0.05, 0) is 24.8 Å². The van der Waals surface area contributed by atoms with E-state index in [4.69, 9.17) is 0 Å². The van der Waals surface area contributed by atoms with Crippen LogP contribution in [0.2, 0.25) is 0 Å². The Labute approximate surface area is 130 Å². The first kappa shape index (κ1) is 14.6. The number of carbonyl (C=O) groups is 1. The molecule has 0 fully saturated rings. The summed E-state index contributed by atoms with van der Waals surface area (Å²) in [5.41, 5.74) is 1.05. The molecular formula is C18H21N3O. The average molecular weight is 295 g/mol. The van der Waals surface area contributed by atoms with Crippen LogP contribution in [0.5, 0.6) is 0 Å². The van der Waals surface area contributed by atoms with E-state index in [1.54, 1.807) is 6.20 Å². The third-order valence-electron chi connectivity index (χ3n) is 4.18. The largest absolute Gasteiger partial charge is 0.342 e. The molecule has 4 heteroatoms. The number of carbonyl (C=O) groups excluding carboxylic acids is 1. The van der Waals surface area contributed by atoms with Crippen LogP contribution in [0.4, 0.5) is 0 Å². The molecule has 0 spiro atoms. The molecular weight excluding hydrogens is 274 g/mol. The van der Waals surface area contributed by atoms with E-state index in [1.807, 2.05) is 48.1 Å². The smallest absolute Gasteiger partial charge is 0.224 e. The van der Waals surface area contributed by atoms with E-state index in [-0.39, 0.29) is 17.9 Å². The minimum absolute atomic E-state index is 0.0662. The van der Waals surface area contributed by atoms with Gasteiger partial charge in [-0.2, -0.15) is 0 Å². The maximum absolute atomic E-state index is 12.6. The molecule has 1 amide bonds. The molecule has 0 radical (unpaired) electrons. The summed E-state index contributed by atoms with van der Waals surface area (Å²) in [5, 5.41) is 3.19. The molecule has 1 N–H and O–H groups in total. The van der Waals surface area contributed by atoms with E-state index in [0.717, 1.165) is 30.7 Å². The summed E-state index contributed by atoms with van der Waals surface area (Å²) in [6.07, 6.45) is 10.7. The molecule has 0 aliphatic heterocycles. The summed E-state index contributed by atoms with van der Waals surface area (Å²) >= 11 is 0. The van der Waals surface area contributed by atoms with Crippen molar-refractivity contribution in [1.82, 2.24) is 14.9 Å². The van der Waals surface area contributed by atoms with Crippen molar-refractivity contribution in [2.75, 3.05) is 0 Å². The summed E-state index contributed by atoms with van der Waals surface area (Å²) in [5.74, 6) is 1.03. The standard InChI is InChI=1S/C18H21N3O/c1-21-13-12-19-17(21)16(14-8-4-2-5-9-14)20-18(22)15-10-6-3-7-11-15/h2-6,8-9,12-13,15-16H,7,10-11H2,1H3,(H,20,22)/t15-,16-/m1/s1. The Bertz CT molecular complexity index is 660. The monoisotopic (exact) mass is 295 g/mol. The van der Waals surface area contributed by atoms with Crippen molar-refractivity contribution in [2.45, 2.75) is 25.3 Å². The molecule has 1 heterocycles. The van der Waals surface area contributed by atoms with Crippen molar-refractivity contribution in [3.05, 3.63) is 66.3 Å². The Morgan fingerprint density at radius 1 is 1.32 bits per heavy atom. The molecule has 0 saturated carbocycles. The molecule has 0 saturated heterocycles. The fourth-order valence-corrected chi connectivity index (χ4v) is 2.89. The van der Waals surface area contributed by atoms with Crippen molar-refractivity contribution in [2.24, 2.45) is 13.0 Å². The molecule has 4 nitrogen and oxygen atoms in total. The van der Waals surface area contributed by atoms with E-state index in [0.29, 0.717) is 0 Å². The van der Waals surface area contributed by atoms with Gasteiger partial charge in [0.1, 0.15) is 11.9 Å². The Morgan fingerprint density at radius 2 is 2.14 bits per heavy atom. The van der Waals surface area contributed by atoms with Gasteiger partial charge in [0.15, 0.2) is 0 Å². The summed E-state index contributed by atoms with van der Waals surface area (Å²) in [7, 11) is 1.95. The number of nitrogens with zero attached hydrogens (tertiary/aromatic N) is 2. The van der Waals surface area contributed by atoms with Gasteiger partial charge in [0.25, 0.3) is 0 Å². The van der Waals surface area contributed by atoms with Crippen LogP contribution in [-0.2, 0) is 11.8 Å². The highest BCUT2D eigenvalue weighted by Gasteiger charge is 2.25. The Hall–Kier alpha value is -2.36. The van der Waals surface area contributed by atoms with Crippen molar-refractivity contribution < 1.29 is 4.79 Å². The van der Waals surface area contributed by atoms with Crippen LogP contribution in [0.15, 0.2) is 54.9 Å². The molecule has 3 rings (SSSR count). The normalized spacial score (nSPS) is 18.9. The highest BCUT2D eigenvalue weighted by molar-refractivity contribution is 5.79. The predicted octanol–water partition coefficient (Wildman–Crippen LogP) is 2.98. The van der Waals surface area contributed by atoms with Crippen LogP contribution in [-0.4, -0.2) is 15.5 Å².